The summed E-state index contributed by atoms with van der Waals surface area (Å²) in [5.41, 5.74) is 2.57. The molecule has 100 valence electrons. The molecule has 5 heteroatoms. The number of carbonyl (C=O) groups is 1. The van der Waals surface area contributed by atoms with Crippen LogP contribution < -0.4 is 5.32 Å². The van der Waals surface area contributed by atoms with Crippen LogP contribution in [0.4, 0.5) is 5.82 Å². The number of benzene rings is 1. The number of nitrogens with zero attached hydrogens (tertiary/aromatic N) is 1. The molecule has 1 amide bonds. The zero-order chi connectivity index (χ0) is 13.9. The molecule has 0 saturated carbocycles. The molecule has 0 saturated heterocycles. The molecule has 0 spiro atoms. The Morgan fingerprint density at radius 3 is 2.75 bits per heavy atom. The van der Waals surface area contributed by atoms with Crippen LogP contribution in [0.25, 0.3) is 11.1 Å². The smallest absolute Gasteiger partial charge is 0.293 e. The van der Waals surface area contributed by atoms with E-state index >= 15 is 0 Å². The van der Waals surface area contributed by atoms with Crippen molar-refractivity contribution in [3.05, 3.63) is 60.2 Å². The predicted molar refractivity (Wildman–Crippen MR) is 75.4 cm³/mol. The predicted octanol–water partition coefficient (Wildman–Crippen LogP) is 3.23. The van der Waals surface area contributed by atoms with Gasteiger partial charge < -0.3 is 9.73 Å². The molecular weight excluding hydrogens is 254 g/mol. The van der Waals surface area contributed by atoms with Crippen LogP contribution in [-0.4, -0.2) is 16.1 Å². The third kappa shape index (κ3) is 2.33. The number of nitrogens with one attached hydrogen (secondary N) is 2. The van der Waals surface area contributed by atoms with E-state index in [1.54, 1.807) is 12.1 Å². The Kier molecular flexibility index (Phi) is 3.09. The van der Waals surface area contributed by atoms with Gasteiger partial charge in [-0.3, -0.25) is 9.89 Å². The summed E-state index contributed by atoms with van der Waals surface area (Å²) in [5.74, 6) is 0.431. The van der Waals surface area contributed by atoms with E-state index < -0.39 is 0 Å². The van der Waals surface area contributed by atoms with Gasteiger partial charge in [-0.2, -0.15) is 5.10 Å². The van der Waals surface area contributed by atoms with E-state index in [-0.39, 0.29) is 11.7 Å². The van der Waals surface area contributed by atoms with Crippen LogP contribution in [0.1, 0.15) is 16.2 Å². The van der Waals surface area contributed by atoms with Crippen LogP contribution in [0.3, 0.4) is 0 Å². The van der Waals surface area contributed by atoms with Crippen LogP contribution >= 0.6 is 0 Å². The van der Waals surface area contributed by atoms with Gasteiger partial charge in [0.25, 0.3) is 5.91 Å². The van der Waals surface area contributed by atoms with Crippen molar-refractivity contribution in [2.75, 3.05) is 5.32 Å². The van der Waals surface area contributed by atoms with Crippen molar-refractivity contribution < 1.29 is 9.21 Å². The van der Waals surface area contributed by atoms with Crippen LogP contribution in [0.2, 0.25) is 0 Å². The van der Waals surface area contributed by atoms with Crippen molar-refractivity contribution in [3.8, 4) is 11.1 Å². The third-order valence-corrected chi connectivity index (χ3v) is 2.90. The summed E-state index contributed by atoms with van der Waals surface area (Å²) in [5, 5.41) is 9.44. The first kappa shape index (κ1) is 12.2. The topological polar surface area (TPSA) is 70.9 Å². The quantitative estimate of drug-likeness (QED) is 0.765. The number of aromatic amines is 1. The number of rotatable bonds is 3. The van der Waals surface area contributed by atoms with Gasteiger partial charge in [-0.25, -0.2) is 0 Å². The summed E-state index contributed by atoms with van der Waals surface area (Å²) in [4.78, 5) is 12.2. The van der Waals surface area contributed by atoms with Gasteiger partial charge in [0.05, 0.1) is 6.26 Å². The minimum atomic E-state index is -0.319. The van der Waals surface area contributed by atoms with E-state index in [1.807, 2.05) is 37.3 Å². The Morgan fingerprint density at radius 2 is 2.05 bits per heavy atom. The summed E-state index contributed by atoms with van der Waals surface area (Å²) in [6, 6.07) is 13.2. The first-order valence-corrected chi connectivity index (χ1v) is 6.20. The molecule has 0 aliphatic rings. The molecule has 2 heterocycles. The number of hydrogen-bond acceptors (Lipinski definition) is 3. The minimum Gasteiger partial charge on any atom is -0.459 e. The minimum absolute atomic E-state index is 0.275. The third-order valence-electron chi connectivity index (χ3n) is 2.90. The molecule has 0 bridgehead atoms. The second kappa shape index (κ2) is 5.05. The summed E-state index contributed by atoms with van der Waals surface area (Å²) >= 11 is 0. The summed E-state index contributed by atoms with van der Waals surface area (Å²) in [6.45, 7) is 1.87. The lowest BCUT2D eigenvalue weighted by molar-refractivity contribution is 0.0997. The Hall–Kier alpha value is -2.82. The van der Waals surface area contributed by atoms with E-state index in [1.165, 1.54) is 6.26 Å². The standard InChI is InChI=1S/C15H13N3O2/c1-10-9-13(18-17-10)16-15(19)14-12(7-8-20-14)11-5-3-2-4-6-11/h2-9H,1H3,(H2,16,17,18,19). The van der Waals surface area contributed by atoms with Crippen molar-refractivity contribution in [1.82, 2.24) is 10.2 Å². The average Bonchev–Trinajstić information content (AvgIpc) is 3.09. The summed E-state index contributed by atoms with van der Waals surface area (Å²) in [6.07, 6.45) is 1.51. The molecule has 2 aromatic heterocycles. The van der Waals surface area contributed by atoms with Crippen LogP contribution in [0, 0.1) is 6.92 Å². The Balaban J connectivity index is 1.88. The maximum atomic E-state index is 12.2. The largest absolute Gasteiger partial charge is 0.459 e. The van der Waals surface area contributed by atoms with E-state index in [4.69, 9.17) is 4.42 Å². The van der Waals surface area contributed by atoms with Gasteiger partial charge in [0.15, 0.2) is 11.6 Å². The molecule has 2 N–H and O–H groups in total. The lowest BCUT2D eigenvalue weighted by Crippen LogP contribution is -2.12. The molecule has 0 atom stereocenters. The van der Waals surface area contributed by atoms with Gasteiger partial charge in [-0.1, -0.05) is 30.3 Å². The highest BCUT2D eigenvalue weighted by Gasteiger charge is 2.17. The maximum absolute atomic E-state index is 12.2. The molecular formula is C15H13N3O2. The van der Waals surface area contributed by atoms with Gasteiger partial charge in [-0.15, -0.1) is 0 Å². The first-order valence-electron chi connectivity index (χ1n) is 6.20. The number of amides is 1. The molecule has 0 aliphatic carbocycles. The molecule has 20 heavy (non-hydrogen) atoms. The molecule has 0 aliphatic heterocycles. The Morgan fingerprint density at radius 1 is 1.25 bits per heavy atom. The normalized spacial score (nSPS) is 10.4. The van der Waals surface area contributed by atoms with Crippen LogP contribution in [0.15, 0.2) is 53.1 Å². The van der Waals surface area contributed by atoms with Gasteiger partial charge in [0, 0.05) is 17.3 Å². The van der Waals surface area contributed by atoms with Crippen LogP contribution in [0.5, 0.6) is 0 Å². The van der Waals surface area contributed by atoms with E-state index in [0.717, 1.165) is 16.8 Å². The number of aryl methyl sites for hydroxylation is 1. The summed E-state index contributed by atoms with van der Waals surface area (Å²) in [7, 11) is 0. The monoisotopic (exact) mass is 267 g/mol. The van der Waals surface area contributed by atoms with Crippen molar-refractivity contribution in [1.29, 1.82) is 0 Å². The molecule has 3 rings (SSSR count). The number of anilines is 1. The van der Waals surface area contributed by atoms with Crippen molar-refractivity contribution in [2.24, 2.45) is 0 Å². The molecule has 1 aromatic carbocycles. The lowest BCUT2D eigenvalue weighted by atomic mass is 10.1. The number of H-pyrrole nitrogens is 1. The number of hydrogen-bond donors (Lipinski definition) is 2. The van der Waals surface area contributed by atoms with Gasteiger partial charge in [0.1, 0.15) is 0 Å². The molecule has 3 aromatic rings. The molecule has 0 fully saturated rings. The van der Waals surface area contributed by atoms with Crippen molar-refractivity contribution in [2.45, 2.75) is 6.92 Å². The van der Waals surface area contributed by atoms with Crippen molar-refractivity contribution in [3.63, 3.8) is 0 Å². The maximum Gasteiger partial charge on any atom is 0.293 e. The average molecular weight is 267 g/mol. The zero-order valence-electron chi connectivity index (χ0n) is 10.9. The fraction of sp³-hybridized carbons (Fsp3) is 0.0667. The second-order valence-corrected chi connectivity index (χ2v) is 4.42. The van der Waals surface area contributed by atoms with Gasteiger partial charge in [-0.05, 0) is 18.6 Å². The highest BCUT2D eigenvalue weighted by atomic mass is 16.3. The highest BCUT2D eigenvalue weighted by Crippen LogP contribution is 2.25. The summed E-state index contributed by atoms with van der Waals surface area (Å²) < 4.78 is 5.31. The lowest BCUT2D eigenvalue weighted by Gasteiger charge is -2.02. The Bertz CT molecular complexity index is 728. The zero-order valence-corrected chi connectivity index (χ0v) is 10.9. The fourth-order valence-electron chi connectivity index (χ4n) is 1.99. The fourth-order valence-corrected chi connectivity index (χ4v) is 1.99. The van der Waals surface area contributed by atoms with E-state index in [2.05, 4.69) is 15.5 Å². The van der Waals surface area contributed by atoms with Crippen LogP contribution in [-0.2, 0) is 0 Å². The van der Waals surface area contributed by atoms with Gasteiger partial charge >= 0.3 is 0 Å². The number of furan rings is 1. The molecule has 5 nitrogen and oxygen atoms in total. The number of carbonyl (C=O) groups excluding carboxylic acids is 1. The van der Waals surface area contributed by atoms with E-state index in [9.17, 15) is 4.79 Å². The first-order chi connectivity index (χ1) is 9.74. The van der Waals surface area contributed by atoms with Crippen molar-refractivity contribution >= 4 is 11.7 Å². The Labute approximate surface area is 115 Å². The molecule has 0 radical (unpaired) electrons. The second-order valence-electron chi connectivity index (χ2n) is 4.42. The number of aromatic nitrogens is 2. The highest BCUT2D eigenvalue weighted by molar-refractivity contribution is 6.06. The van der Waals surface area contributed by atoms with E-state index in [0.29, 0.717) is 5.82 Å². The SMILES string of the molecule is Cc1cc(NC(=O)c2occc2-c2ccccc2)n[nH]1. The van der Waals surface area contributed by atoms with Gasteiger partial charge in [0.2, 0.25) is 0 Å². The molecule has 0 unspecified atom stereocenters.